The Morgan fingerprint density at radius 3 is 2.00 bits per heavy atom. The molecule has 0 aromatic carbocycles. The number of hydrogen-bond acceptors (Lipinski definition) is 0. The van der Waals surface area contributed by atoms with E-state index in [0.29, 0.717) is 12.5 Å². The van der Waals surface area contributed by atoms with E-state index in [9.17, 15) is 4.39 Å². The van der Waals surface area contributed by atoms with Crippen LogP contribution in [-0.2, 0) is 0 Å². The standard InChI is InChI=1S/C6H19B6F/c7-1-5(6(13)11-2-8)12(3-9)4-10/h5-6,11H,1-4,7-10H2. The number of halogens is 1. The second kappa shape index (κ2) is 7.70. The lowest BCUT2D eigenvalue weighted by molar-refractivity contribution is 0.424. The monoisotopic (exact) mass is 176 g/mol. The van der Waals surface area contributed by atoms with E-state index in [1.54, 1.807) is 0 Å². The molecule has 0 aromatic heterocycles. The normalized spacial score (nSPS) is 14.8. The summed E-state index contributed by atoms with van der Waals surface area (Å²) in [5, 5.41) is 0. The summed E-state index contributed by atoms with van der Waals surface area (Å²) in [4.78, 5) is 0. The lowest BCUT2D eigenvalue weighted by Gasteiger charge is -2.24. The number of hydrogen-bond donors (Lipinski definition) is 0. The van der Waals surface area contributed by atoms with Gasteiger partial charge in [0, 0.05) is 0 Å². The lowest BCUT2D eigenvalue weighted by atomic mass is 9.27. The van der Waals surface area contributed by atoms with Gasteiger partial charge < -0.3 is 0 Å². The van der Waals surface area contributed by atoms with Crippen LogP contribution in [0.1, 0.15) is 0 Å². The first-order valence-electron chi connectivity index (χ1n) is 5.85. The molecular weight excluding hydrogens is 156 g/mol. The Balaban J connectivity index is 4.11. The highest BCUT2D eigenvalue weighted by Crippen LogP contribution is 2.25. The third kappa shape index (κ3) is 4.37. The molecule has 0 rings (SSSR count). The summed E-state index contributed by atoms with van der Waals surface area (Å²) in [6.07, 6.45) is 3.64. The molecule has 0 aliphatic heterocycles. The first-order chi connectivity index (χ1) is 6.21. The van der Waals surface area contributed by atoms with Crippen molar-refractivity contribution in [3.63, 3.8) is 0 Å². The molecule has 7 heteroatoms. The molecule has 0 spiro atoms. The average Bonchev–Trinajstić information content (AvgIpc) is 2.14. The Labute approximate surface area is 87.1 Å². The summed E-state index contributed by atoms with van der Waals surface area (Å²) in [7, 11) is 9.28. The van der Waals surface area contributed by atoms with Crippen molar-refractivity contribution in [3.05, 3.63) is 0 Å². The minimum Gasteiger partial charge on any atom is -0.258 e. The molecule has 0 fully saturated rings. The molecule has 0 N–H and O–H groups in total. The van der Waals surface area contributed by atoms with Gasteiger partial charge in [-0.1, -0.05) is 6.32 Å². The molecule has 0 nitrogen and oxygen atoms in total. The Hall–Kier alpha value is 0.320. The Morgan fingerprint density at radius 2 is 1.69 bits per heavy atom. The molecule has 0 bridgehead atoms. The van der Waals surface area contributed by atoms with E-state index in [4.69, 9.17) is 0 Å². The van der Waals surface area contributed by atoms with Crippen molar-refractivity contribution >= 4 is 45.4 Å². The summed E-state index contributed by atoms with van der Waals surface area (Å²) in [5.74, 6) is 0.301. The highest BCUT2D eigenvalue weighted by atomic mass is 19.1. The van der Waals surface area contributed by atoms with E-state index >= 15 is 0 Å². The van der Waals surface area contributed by atoms with Crippen LogP contribution in [0.2, 0.25) is 30.8 Å². The van der Waals surface area contributed by atoms with Crippen molar-refractivity contribution in [3.8, 4) is 0 Å². The predicted molar refractivity (Wildman–Crippen MR) is 75.0 cm³/mol. The van der Waals surface area contributed by atoms with Crippen molar-refractivity contribution < 1.29 is 4.39 Å². The molecule has 0 aromatic rings. The van der Waals surface area contributed by atoms with Crippen LogP contribution in [-0.4, -0.2) is 51.4 Å². The van der Waals surface area contributed by atoms with E-state index in [0.717, 1.165) is 32.3 Å². The summed E-state index contributed by atoms with van der Waals surface area (Å²) in [5.41, 5.74) is 0. The minimum atomic E-state index is -0.570. The molecule has 0 saturated heterocycles. The fourth-order valence-corrected chi connectivity index (χ4v) is 2.27. The summed E-state index contributed by atoms with van der Waals surface area (Å²) < 4.78 is 13.7. The first-order valence-corrected chi connectivity index (χ1v) is 5.85. The smallest absolute Gasteiger partial charge is 0.156 e. The summed E-state index contributed by atoms with van der Waals surface area (Å²) >= 11 is 0. The number of rotatable bonds is 7. The zero-order chi connectivity index (χ0) is 10.3. The second-order valence-electron chi connectivity index (χ2n) is 3.95. The van der Waals surface area contributed by atoms with Gasteiger partial charge in [0.05, 0.1) is 29.6 Å². The molecule has 68 valence electrons. The largest absolute Gasteiger partial charge is 0.258 e. The topological polar surface area (TPSA) is 0 Å². The van der Waals surface area contributed by atoms with Crippen molar-refractivity contribution in [1.82, 2.24) is 0 Å². The Bertz CT molecular complexity index is 120. The van der Waals surface area contributed by atoms with Gasteiger partial charge in [0.15, 0.2) is 7.28 Å². The van der Waals surface area contributed by atoms with Crippen molar-refractivity contribution in [1.29, 1.82) is 0 Å². The van der Waals surface area contributed by atoms with Gasteiger partial charge >= 0.3 is 0 Å². The lowest BCUT2D eigenvalue weighted by Crippen LogP contribution is -2.31. The fourth-order valence-electron chi connectivity index (χ4n) is 2.27. The van der Waals surface area contributed by atoms with E-state index in [2.05, 4.69) is 31.4 Å². The minimum absolute atomic E-state index is 0.301. The van der Waals surface area contributed by atoms with Gasteiger partial charge in [-0.15, -0.1) is 18.7 Å². The average molecular weight is 175 g/mol. The maximum absolute atomic E-state index is 13.7. The number of alkyl halides is 1. The van der Waals surface area contributed by atoms with Crippen LogP contribution in [0.25, 0.3) is 0 Å². The second-order valence-corrected chi connectivity index (χ2v) is 3.95. The third-order valence-electron chi connectivity index (χ3n) is 3.15. The molecule has 2 atom stereocenters. The van der Waals surface area contributed by atoms with Crippen LogP contribution < -0.4 is 0 Å². The van der Waals surface area contributed by atoms with Crippen LogP contribution in [0.15, 0.2) is 0 Å². The van der Waals surface area contributed by atoms with Gasteiger partial charge in [0.1, 0.15) is 14.6 Å². The SMILES string of the molecule is BCBC(F)C(CB)B(CB)CB. The van der Waals surface area contributed by atoms with Gasteiger partial charge in [-0.05, 0) is 5.82 Å². The molecule has 2 unspecified atom stereocenters. The summed E-state index contributed by atoms with van der Waals surface area (Å²) in [6.45, 7) is 0.589. The van der Waals surface area contributed by atoms with Gasteiger partial charge in [-0.25, -0.2) is 0 Å². The highest BCUT2D eigenvalue weighted by molar-refractivity contribution is 6.73. The van der Waals surface area contributed by atoms with Crippen molar-refractivity contribution in [2.24, 2.45) is 0 Å². The zero-order valence-corrected chi connectivity index (χ0v) is 9.65. The molecule has 0 aliphatic rings. The quantitative estimate of drug-likeness (QED) is 0.386. The zero-order valence-electron chi connectivity index (χ0n) is 9.65. The van der Waals surface area contributed by atoms with E-state index in [-0.39, 0.29) is 0 Å². The van der Waals surface area contributed by atoms with Crippen molar-refractivity contribution in [2.75, 3.05) is 0 Å². The predicted octanol–water partition coefficient (Wildman–Crippen LogP) is -2.18. The van der Waals surface area contributed by atoms with E-state index < -0.39 is 6.07 Å². The van der Waals surface area contributed by atoms with Gasteiger partial charge in [-0.3, -0.25) is 4.39 Å². The molecule has 0 amide bonds. The Morgan fingerprint density at radius 1 is 1.15 bits per heavy atom. The van der Waals surface area contributed by atoms with E-state index in [1.807, 2.05) is 0 Å². The van der Waals surface area contributed by atoms with Crippen LogP contribution >= 0.6 is 0 Å². The van der Waals surface area contributed by atoms with Gasteiger partial charge in [-0.2, -0.15) is 0 Å². The molecule has 0 heterocycles. The first kappa shape index (κ1) is 13.3. The molecular formula is C6H19B6F. The highest BCUT2D eigenvalue weighted by Gasteiger charge is 2.27. The van der Waals surface area contributed by atoms with E-state index in [1.165, 1.54) is 0 Å². The summed E-state index contributed by atoms with van der Waals surface area (Å²) in [6, 6.07) is 0. The Kier molecular flexibility index (Phi) is 7.89. The molecule has 13 heavy (non-hydrogen) atoms. The molecule has 0 radical (unpaired) electrons. The van der Waals surface area contributed by atoms with Gasteiger partial charge in [0.25, 0.3) is 0 Å². The maximum Gasteiger partial charge on any atom is 0.156 e. The fraction of sp³-hybridized carbons (Fsp3) is 1.00. The van der Waals surface area contributed by atoms with Crippen LogP contribution in [0.5, 0.6) is 0 Å². The van der Waals surface area contributed by atoms with Crippen LogP contribution in [0.3, 0.4) is 0 Å². The van der Waals surface area contributed by atoms with Crippen LogP contribution in [0.4, 0.5) is 4.39 Å². The van der Waals surface area contributed by atoms with Crippen molar-refractivity contribution in [2.45, 2.75) is 36.9 Å². The van der Waals surface area contributed by atoms with Gasteiger partial charge in [0.2, 0.25) is 0 Å². The molecule has 0 saturated carbocycles. The third-order valence-corrected chi connectivity index (χ3v) is 3.15. The maximum atomic E-state index is 13.7. The van der Waals surface area contributed by atoms with Crippen LogP contribution in [0, 0.1) is 0 Å². The molecule has 0 aliphatic carbocycles.